The summed E-state index contributed by atoms with van der Waals surface area (Å²) in [5, 5.41) is 0. The number of ether oxygens (including phenoxy) is 1. The van der Waals surface area contributed by atoms with Crippen molar-refractivity contribution in [2.45, 2.75) is 58.2 Å². The number of alkyl halides is 3. The zero-order valence-corrected chi connectivity index (χ0v) is 22.2. The van der Waals surface area contributed by atoms with Gasteiger partial charge in [-0.1, -0.05) is 68.4 Å². The summed E-state index contributed by atoms with van der Waals surface area (Å²) in [7, 11) is 0. The van der Waals surface area contributed by atoms with Gasteiger partial charge in [0.25, 0.3) is 0 Å². The lowest BCUT2D eigenvalue weighted by Crippen LogP contribution is -2.44. The molecule has 3 aromatic carbocycles. The van der Waals surface area contributed by atoms with Crippen LogP contribution >= 0.6 is 0 Å². The molecule has 0 bridgehead atoms. The minimum Gasteiger partial charge on any atom is -0.485 e. The minimum absolute atomic E-state index is 0.0110. The van der Waals surface area contributed by atoms with E-state index in [9.17, 15) is 18.0 Å². The van der Waals surface area contributed by atoms with Gasteiger partial charge in [-0.2, -0.15) is 13.2 Å². The summed E-state index contributed by atoms with van der Waals surface area (Å²) in [4.78, 5) is 15.5. The zero-order valence-electron chi connectivity index (χ0n) is 22.2. The Bertz CT molecular complexity index is 1190. The third-order valence-corrected chi connectivity index (χ3v) is 7.24. The van der Waals surface area contributed by atoms with E-state index in [1.54, 1.807) is 0 Å². The standard InChI is InChI=1S/C32H36F3NO2/c1-22(2)19-24-9-7-12-26(20-24)23(3)31(37)36-18-8-13-27(21-36)30(25-10-5-4-6-11-25)38-29-16-14-28(15-17-29)32(33,34)35/h4-7,9-12,14-17,20,22-23,27,30H,8,13,18-19,21H2,1-3H3/t23?,27-,30-/m0/s1. The summed E-state index contributed by atoms with van der Waals surface area (Å²) >= 11 is 0. The van der Waals surface area contributed by atoms with Crippen LogP contribution in [0.1, 0.15) is 67.9 Å². The molecule has 1 aliphatic rings. The first-order valence-corrected chi connectivity index (χ1v) is 13.4. The van der Waals surface area contributed by atoms with E-state index in [-0.39, 0.29) is 23.8 Å². The number of halogens is 3. The maximum atomic E-state index is 13.6. The van der Waals surface area contributed by atoms with Crippen molar-refractivity contribution in [3.05, 3.63) is 101 Å². The maximum Gasteiger partial charge on any atom is 0.416 e. The molecule has 0 spiro atoms. The van der Waals surface area contributed by atoms with Crippen molar-refractivity contribution in [3.8, 4) is 5.75 Å². The van der Waals surface area contributed by atoms with E-state index < -0.39 is 11.7 Å². The quantitative estimate of drug-likeness (QED) is 0.299. The van der Waals surface area contributed by atoms with E-state index in [1.807, 2.05) is 54.3 Å². The molecular formula is C32H36F3NO2. The van der Waals surface area contributed by atoms with Crippen LogP contribution in [0.2, 0.25) is 0 Å². The highest BCUT2D eigenvalue weighted by atomic mass is 19.4. The van der Waals surface area contributed by atoms with Crippen LogP contribution in [0.5, 0.6) is 5.75 Å². The van der Waals surface area contributed by atoms with Crippen LogP contribution in [0.15, 0.2) is 78.9 Å². The number of piperidine rings is 1. The van der Waals surface area contributed by atoms with Gasteiger partial charge < -0.3 is 9.64 Å². The molecule has 0 aromatic heterocycles. The largest absolute Gasteiger partial charge is 0.485 e. The van der Waals surface area contributed by atoms with Gasteiger partial charge in [0.15, 0.2) is 0 Å². The molecule has 6 heteroatoms. The van der Waals surface area contributed by atoms with Crippen molar-refractivity contribution in [1.29, 1.82) is 0 Å². The van der Waals surface area contributed by atoms with Crippen molar-refractivity contribution < 1.29 is 22.7 Å². The molecule has 0 radical (unpaired) electrons. The van der Waals surface area contributed by atoms with E-state index >= 15 is 0 Å². The van der Waals surface area contributed by atoms with Crippen LogP contribution in [0.4, 0.5) is 13.2 Å². The monoisotopic (exact) mass is 523 g/mol. The predicted octanol–water partition coefficient (Wildman–Crippen LogP) is 8.07. The summed E-state index contributed by atoms with van der Waals surface area (Å²) in [6, 6.07) is 22.9. The van der Waals surface area contributed by atoms with Gasteiger partial charge in [0.2, 0.25) is 5.91 Å². The number of carbonyl (C=O) groups is 1. The number of likely N-dealkylation sites (tertiary alicyclic amines) is 1. The molecule has 1 unspecified atom stereocenters. The highest BCUT2D eigenvalue weighted by Gasteiger charge is 2.34. The normalized spacial score (nSPS) is 17.8. The lowest BCUT2D eigenvalue weighted by molar-refractivity contribution is -0.137. The van der Waals surface area contributed by atoms with E-state index in [4.69, 9.17) is 4.74 Å². The Labute approximate surface area is 223 Å². The average Bonchev–Trinajstić information content (AvgIpc) is 2.91. The Morgan fingerprint density at radius 2 is 1.63 bits per heavy atom. The molecular weight excluding hydrogens is 487 g/mol. The molecule has 3 aromatic rings. The Morgan fingerprint density at radius 1 is 0.947 bits per heavy atom. The van der Waals surface area contributed by atoms with Crippen molar-refractivity contribution >= 4 is 5.91 Å². The van der Waals surface area contributed by atoms with Gasteiger partial charge in [0, 0.05) is 19.0 Å². The number of amides is 1. The number of rotatable bonds is 8. The first-order chi connectivity index (χ1) is 18.1. The van der Waals surface area contributed by atoms with E-state index in [0.29, 0.717) is 24.8 Å². The topological polar surface area (TPSA) is 29.5 Å². The van der Waals surface area contributed by atoms with Gasteiger partial charge in [0.1, 0.15) is 11.9 Å². The SMILES string of the molecule is CC(C)Cc1cccc(C(C)C(=O)N2CCC[C@H]([C@@H](Oc3ccc(C(F)(F)F)cc3)c3ccccc3)C2)c1. The van der Waals surface area contributed by atoms with Gasteiger partial charge in [-0.05, 0) is 73.1 Å². The lowest BCUT2D eigenvalue weighted by atomic mass is 9.87. The molecule has 202 valence electrons. The Hall–Kier alpha value is -3.28. The van der Waals surface area contributed by atoms with Crippen molar-refractivity contribution in [2.24, 2.45) is 11.8 Å². The second kappa shape index (κ2) is 12.1. The Kier molecular flexibility index (Phi) is 8.80. The Balaban J connectivity index is 1.52. The number of nitrogens with zero attached hydrogens (tertiary/aromatic N) is 1. The van der Waals surface area contributed by atoms with Crippen LogP contribution in [0.3, 0.4) is 0 Å². The third-order valence-electron chi connectivity index (χ3n) is 7.24. The number of hydrogen-bond donors (Lipinski definition) is 0. The summed E-state index contributed by atoms with van der Waals surface area (Å²) in [6.45, 7) is 7.56. The van der Waals surface area contributed by atoms with Crippen molar-refractivity contribution in [2.75, 3.05) is 13.1 Å². The van der Waals surface area contributed by atoms with Crippen molar-refractivity contribution in [3.63, 3.8) is 0 Å². The highest BCUT2D eigenvalue weighted by Crippen LogP contribution is 2.36. The van der Waals surface area contributed by atoms with Crippen LogP contribution in [-0.2, 0) is 17.4 Å². The number of carbonyl (C=O) groups excluding carboxylic acids is 1. The molecule has 0 N–H and O–H groups in total. The van der Waals surface area contributed by atoms with Gasteiger partial charge in [0.05, 0.1) is 11.5 Å². The van der Waals surface area contributed by atoms with Crippen LogP contribution < -0.4 is 4.74 Å². The highest BCUT2D eigenvalue weighted by molar-refractivity contribution is 5.83. The first kappa shape index (κ1) is 27.7. The zero-order chi connectivity index (χ0) is 27.3. The molecule has 1 heterocycles. The minimum atomic E-state index is -4.40. The fourth-order valence-corrected chi connectivity index (χ4v) is 5.28. The summed E-state index contributed by atoms with van der Waals surface area (Å²) in [6.07, 6.45) is -2.10. The summed E-state index contributed by atoms with van der Waals surface area (Å²) in [5.74, 6) is 0.769. The lowest BCUT2D eigenvalue weighted by Gasteiger charge is -2.38. The molecule has 0 aliphatic carbocycles. The molecule has 3 nitrogen and oxygen atoms in total. The third kappa shape index (κ3) is 6.97. The predicted molar refractivity (Wildman–Crippen MR) is 144 cm³/mol. The summed E-state index contributed by atoms with van der Waals surface area (Å²) in [5.41, 5.74) is 2.50. The Morgan fingerprint density at radius 3 is 2.29 bits per heavy atom. The smallest absolute Gasteiger partial charge is 0.416 e. The molecule has 1 saturated heterocycles. The van der Waals surface area contributed by atoms with Gasteiger partial charge in [-0.15, -0.1) is 0 Å². The summed E-state index contributed by atoms with van der Waals surface area (Å²) < 4.78 is 45.5. The van der Waals surface area contributed by atoms with Crippen molar-refractivity contribution in [1.82, 2.24) is 4.90 Å². The first-order valence-electron chi connectivity index (χ1n) is 13.4. The van der Waals surface area contributed by atoms with Gasteiger partial charge >= 0.3 is 6.18 Å². The molecule has 1 aliphatic heterocycles. The van der Waals surface area contributed by atoms with Crippen LogP contribution in [0.25, 0.3) is 0 Å². The molecule has 0 saturated carbocycles. The number of benzene rings is 3. The van der Waals surface area contributed by atoms with Crippen LogP contribution in [-0.4, -0.2) is 23.9 Å². The molecule has 4 rings (SSSR count). The average molecular weight is 524 g/mol. The van der Waals surface area contributed by atoms with Gasteiger partial charge in [-0.25, -0.2) is 0 Å². The maximum absolute atomic E-state index is 13.6. The second-order valence-electron chi connectivity index (χ2n) is 10.7. The van der Waals surface area contributed by atoms with E-state index in [0.717, 1.165) is 42.5 Å². The van der Waals surface area contributed by atoms with E-state index in [1.165, 1.54) is 17.7 Å². The van der Waals surface area contributed by atoms with Gasteiger partial charge in [-0.3, -0.25) is 4.79 Å². The van der Waals surface area contributed by atoms with E-state index in [2.05, 4.69) is 26.0 Å². The second-order valence-corrected chi connectivity index (χ2v) is 10.7. The van der Waals surface area contributed by atoms with Crippen LogP contribution in [0, 0.1) is 11.8 Å². The fourth-order valence-electron chi connectivity index (χ4n) is 5.28. The molecule has 1 amide bonds. The fraction of sp³-hybridized carbons (Fsp3) is 0.406. The molecule has 38 heavy (non-hydrogen) atoms. The molecule has 1 fully saturated rings. The number of hydrogen-bond acceptors (Lipinski definition) is 2. The molecule has 3 atom stereocenters.